The zero-order valence-electron chi connectivity index (χ0n) is 23.3. The minimum Gasteiger partial charge on any atom is -0.492 e. The molecule has 0 aliphatic heterocycles. The first kappa shape index (κ1) is 33.8. The van der Waals surface area contributed by atoms with Crippen LogP contribution in [0.3, 0.4) is 0 Å². The van der Waals surface area contributed by atoms with Gasteiger partial charge >= 0.3 is 24.3 Å². The first-order chi connectivity index (χ1) is 19.1. The number of ether oxygens (including phenoxy) is 3. The maximum absolute atomic E-state index is 13.1. The standard InChI is InChI=1S/C28H35F5N2O6/c1-5-39-24(25(36)37)17-21-7-9-22(10-8-21)40-14-12-35(11-6-13-41-28(32,33)27(29,30)31)26(38)34-23-16-19(3)18(2)15-20(23)4/h7-10,15-16,24H,5-6,11-14,17H2,1-4H3,(H,34,38)(H,36,37). The Bertz CT molecular complexity index is 1160. The Morgan fingerprint density at radius 3 is 2.17 bits per heavy atom. The van der Waals surface area contributed by atoms with Crippen LogP contribution in [0.2, 0.25) is 0 Å². The third kappa shape index (κ3) is 10.5. The highest BCUT2D eigenvalue weighted by atomic mass is 19.4. The molecule has 0 spiro atoms. The molecule has 1 unspecified atom stereocenters. The van der Waals surface area contributed by atoms with E-state index < -0.39 is 37.0 Å². The number of aryl methyl sites for hydroxylation is 3. The monoisotopic (exact) mass is 590 g/mol. The number of alkyl halides is 5. The van der Waals surface area contributed by atoms with Crippen LogP contribution in [0.1, 0.15) is 35.6 Å². The topological polar surface area (TPSA) is 97.3 Å². The Balaban J connectivity index is 2.03. The van der Waals surface area contributed by atoms with Crippen molar-refractivity contribution in [2.24, 2.45) is 0 Å². The Kier molecular flexibility index (Phi) is 12.3. The summed E-state index contributed by atoms with van der Waals surface area (Å²) in [4.78, 5) is 25.6. The van der Waals surface area contributed by atoms with Crippen molar-refractivity contribution < 1.29 is 50.9 Å². The lowest BCUT2D eigenvalue weighted by Gasteiger charge is -2.25. The smallest absolute Gasteiger partial charge is 0.482 e. The molecule has 2 N–H and O–H groups in total. The molecule has 0 aliphatic carbocycles. The summed E-state index contributed by atoms with van der Waals surface area (Å²) in [7, 11) is 0. The highest BCUT2D eigenvalue weighted by Gasteiger charge is 2.59. The van der Waals surface area contributed by atoms with Crippen molar-refractivity contribution >= 4 is 17.7 Å². The van der Waals surface area contributed by atoms with Crippen molar-refractivity contribution in [1.82, 2.24) is 4.90 Å². The number of hydrogen-bond acceptors (Lipinski definition) is 5. The van der Waals surface area contributed by atoms with Crippen LogP contribution in [0.4, 0.5) is 32.4 Å². The first-order valence-corrected chi connectivity index (χ1v) is 12.9. The van der Waals surface area contributed by atoms with Gasteiger partial charge in [0, 0.05) is 25.3 Å². The average Bonchev–Trinajstić information content (AvgIpc) is 2.88. The fourth-order valence-electron chi connectivity index (χ4n) is 3.77. The summed E-state index contributed by atoms with van der Waals surface area (Å²) >= 11 is 0. The van der Waals surface area contributed by atoms with Gasteiger partial charge in [-0.15, -0.1) is 0 Å². The third-order valence-electron chi connectivity index (χ3n) is 6.17. The number of urea groups is 1. The van der Waals surface area contributed by atoms with Crippen molar-refractivity contribution in [2.45, 2.75) is 58.9 Å². The molecule has 0 saturated carbocycles. The Labute approximate surface area is 235 Å². The van der Waals surface area contributed by atoms with E-state index in [0.717, 1.165) is 16.7 Å². The van der Waals surface area contributed by atoms with Gasteiger partial charge in [0.1, 0.15) is 12.4 Å². The maximum Gasteiger partial charge on any atom is 0.482 e. The van der Waals surface area contributed by atoms with E-state index >= 15 is 0 Å². The highest BCUT2D eigenvalue weighted by molar-refractivity contribution is 5.90. The van der Waals surface area contributed by atoms with Gasteiger partial charge in [-0.2, -0.15) is 22.0 Å². The van der Waals surface area contributed by atoms with E-state index in [4.69, 9.17) is 9.47 Å². The molecule has 2 aromatic rings. The predicted molar refractivity (Wildman–Crippen MR) is 142 cm³/mol. The maximum atomic E-state index is 13.1. The molecular weight excluding hydrogens is 555 g/mol. The summed E-state index contributed by atoms with van der Waals surface area (Å²) in [5.74, 6) is -0.649. The van der Waals surface area contributed by atoms with Crippen LogP contribution in [-0.4, -0.2) is 73.3 Å². The zero-order chi connectivity index (χ0) is 30.8. The number of aliphatic carboxylic acids is 1. The summed E-state index contributed by atoms with van der Waals surface area (Å²) < 4.78 is 77.9. The summed E-state index contributed by atoms with van der Waals surface area (Å²) in [5, 5.41) is 12.0. The number of benzene rings is 2. The van der Waals surface area contributed by atoms with E-state index in [1.54, 1.807) is 44.2 Å². The SMILES string of the molecule is CCOC(Cc1ccc(OCCN(CCCOC(F)(F)C(F)(F)F)C(=O)Nc2cc(C)c(C)cc2C)cc1)C(=O)O. The van der Waals surface area contributed by atoms with Crippen molar-refractivity contribution in [1.29, 1.82) is 0 Å². The Morgan fingerprint density at radius 1 is 0.951 bits per heavy atom. The van der Waals surface area contributed by atoms with Crippen molar-refractivity contribution in [3.05, 3.63) is 58.7 Å². The highest BCUT2D eigenvalue weighted by Crippen LogP contribution is 2.36. The van der Waals surface area contributed by atoms with Crippen molar-refractivity contribution in [3.63, 3.8) is 0 Å². The van der Waals surface area contributed by atoms with Crippen LogP contribution in [0, 0.1) is 20.8 Å². The molecule has 0 aromatic heterocycles. The van der Waals surface area contributed by atoms with E-state index in [-0.39, 0.29) is 39.1 Å². The number of nitrogens with one attached hydrogen (secondary N) is 1. The fourth-order valence-corrected chi connectivity index (χ4v) is 3.77. The second-order valence-electron chi connectivity index (χ2n) is 9.36. The number of carboxylic acids is 1. The van der Waals surface area contributed by atoms with Crippen LogP contribution >= 0.6 is 0 Å². The molecule has 2 rings (SSSR count). The summed E-state index contributed by atoms with van der Waals surface area (Å²) in [6.07, 6.45) is -12.3. The Morgan fingerprint density at radius 2 is 1.59 bits per heavy atom. The average molecular weight is 591 g/mol. The van der Waals surface area contributed by atoms with Gasteiger partial charge < -0.3 is 29.5 Å². The van der Waals surface area contributed by atoms with Crippen LogP contribution in [0.5, 0.6) is 5.75 Å². The zero-order valence-corrected chi connectivity index (χ0v) is 23.3. The number of carbonyl (C=O) groups is 2. The molecule has 41 heavy (non-hydrogen) atoms. The van der Waals surface area contributed by atoms with Crippen molar-refractivity contribution in [2.75, 3.05) is 38.2 Å². The molecule has 8 nitrogen and oxygen atoms in total. The molecule has 228 valence electrons. The van der Waals surface area contributed by atoms with E-state index in [9.17, 15) is 36.6 Å². The molecule has 13 heteroatoms. The lowest BCUT2D eigenvalue weighted by atomic mass is 10.1. The van der Waals surface area contributed by atoms with Gasteiger partial charge in [0.25, 0.3) is 0 Å². The second-order valence-corrected chi connectivity index (χ2v) is 9.36. The number of amides is 2. The lowest BCUT2D eigenvalue weighted by Crippen LogP contribution is -2.41. The van der Waals surface area contributed by atoms with E-state index in [2.05, 4.69) is 10.1 Å². The normalized spacial score (nSPS) is 12.6. The van der Waals surface area contributed by atoms with E-state index in [1.165, 1.54) is 4.90 Å². The summed E-state index contributed by atoms with van der Waals surface area (Å²) in [6.45, 7) is 6.40. The number of hydrogen-bond donors (Lipinski definition) is 2. The van der Waals surface area contributed by atoms with Gasteiger partial charge in [0.15, 0.2) is 6.10 Å². The van der Waals surface area contributed by atoms with Gasteiger partial charge in [-0.25, -0.2) is 9.59 Å². The van der Waals surface area contributed by atoms with Gasteiger partial charge in [-0.05, 0) is 74.6 Å². The molecular formula is C28H35F5N2O6. The minimum absolute atomic E-state index is 0.0153. The third-order valence-corrected chi connectivity index (χ3v) is 6.17. The fraction of sp³-hybridized carbons (Fsp3) is 0.500. The predicted octanol–water partition coefficient (Wildman–Crippen LogP) is 6.12. The minimum atomic E-state index is -5.84. The quantitative estimate of drug-likeness (QED) is 0.192. The van der Waals surface area contributed by atoms with Crippen LogP contribution in [0.25, 0.3) is 0 Å². The molecule has 0 heterocycles. The molecule has 2 amide bonds. The van der Waals surface area contributed by atoms with E-state index in [1.807, 2.05) is 19.9 Å². The van der Waals surface area contributed by atoms with Crippen molar-refractivity contribution in [3.8, 4) is 5.75 Å². The van der Waals surface area contributed by atoms with Crippen LogP contribution in [-0.2, 0) is 20.7 Å². The first-order valence-electron chi connectivity index (χ1n) is 12.9. The van der Waals surface area contributed by atoms with E-state index in [0.29, 0.717) is 17.0 Å². The largest absolute Gasteiger partial charge is 0.492 e. The second kappa shape index (κ2) is 15.0. The molecule has 0 bridgehead atoms. The molecule has 2 aromatic carbocycles. The van der Waals surface area contributed by atoms with Gasteiger partial charge in [0.2, 0.25) is 0 Å². The number of carboxylic acid groups (broad SMARTS) is 1. The van der Waals surface area contributed by atoms with Gasteiger partial charge in [-0.1, -0.05) is 18.2 Å². The number of carbonyl (C=O) groups excluding carboxylic acids is 1. The molecule has 0 aliphatic rings. The van der Waals surface area contributed by atoms with Crippen LogP contribution < -0.4 is 10.1 Å². The van der Waals surface area contributed by atoms with Crippen LogP contribution in [0.15, 0.2) is 36.4 Å². The summed E-state index contributed by atoms with van der Waals surface area (Å²) in [6, 6.07) is 9.68. The molecule has 0 radical (unpaired) electrons. The Hall–Kier alpha value is -3.45. The number of rotatable bonds is 15. The lowest BCUT2D eigenvalue weighted by molar-refractivity contribution is -0.391. The van der Waals surface area contributed by atoms with Gasteiger partial charge in [0.05, 0.1) is 13.2 Å². The number of halogens is 5. The molecule has 1 atom stereocenters. The molecule has 0 saturated heterocycles. The molecule has 0 fully saturated rings. The summed E-state index contributed by atoms with van der Waals surface area (Å²) in [5.41, 5.74) is 3.99. The van der Waals surface area contributed by atoms with Gasteiger partial charge in [-0.3, -0.25) is 0 Å². The number of anilines is 1. The number of nitrogens with zero attached hydrogens (tertiary/aromatic N) is 1.